The van der Waals surface area contributed by atoms with E-state index in [2.05, 4.69) is 0 Å². The van der Waals surface area contributed by atoms with Crippen LogP contribution in [0.15, 0.2) is 24.3 Å². The molecule has 0 aliphatic heterocycles. The van der Waals surface area contributed by atoms with Gasteiger partial charge in [-0.3, -0.25) is 0 Å². The van der Waals surface area contributed by atoms with E-state index >= 15 is 0 Å². The van der Waals surface area contributed by atoms with Crippen molar-refractivity contribution in [2.45, 2.75) is 52.2 Å². The number of amides is 1. The summed E-state index contributed by atoms with van der Waals surface area (Å²) >= 11 is 0. The predicted octanol–water partition coefficient (Wildman–Crippen LogP) is 3.58. The standard InChI is InChI=1S/C16H25NO3/c1-12(17(5)15(19)20-16(2,3)4)6-7-13-8-10-14(18)11-9-13/h8-12,18H,6-7H2,1-5H3. The van der Waals surface area contributed by atoms with E-state index in [0.717, 1.165) is 18.4 Å². The van der Waals surface area contributed by atoms with E-state index in [1.165, 1.54) is 0 Å². The zero-order chi connectivity index (χ0) is 15.3. The van der Waals surface area contributed by atoms with E-state index in [-0.39, 0.29) is 17.9 Å². The highest BCUT2D eigenvalue weighted by Crippen LogP contribution is 2.15. The van der Waals surface area contributed by atoms with Gasteiger partial charge in [0.2, 0.25) is 0 Å². The third-order valence-corrected chi connectivity index (χ3v) is 3.13. The van der Waals surface area contributed by atoms with Gasteiger partial charge >= 0.3 is 6.09 Å². The second kappa shape index (κ2) is 6.64. The van der Waals surface area contributed by atoms with Crippen molar-refractivity contribution in [2.75, 3.05) is 7.05 Å². The van der Waals surface area contributed by atoms with Crippen LogP contribution in [-0.4, -0.2) is 34.8 Å². The highest BCUT2D eigenvalue weighted by molar-refractivity contribution is 5.68. The van der Waals surface area contributed by atoms with Crippen LogP contribution in [0.4, 0.5) is 4.79 Å². The van der Waals surface area contributed by atoms with Crippen molar-refractivity contribution in [3.63, 3.8) is 0 Å². The van der Waals surface area contributed by atoms with Gasteiger partial charge in [-0.15, -0.1) is 0 Å². The molecule has 1 aromatic carbocycles. The number of aryl methyl sites for hydroxylation is 1. The second-order valence-corrected chi connectivity index (χ2v) is 6.15. The molecule has 0 aliphatic carbocycles. The number of carbonyl (C=O) groups excluding carboxylic acids is 1. The van der Waals surface area contributed by atoms with Crippen molar-refractivity contribution in [1.29, 1.82) is 0 Å². The van der Waals surface area contributed by atoms with Crippen LogP contribution < -0.4 is 0 Å². The van der Waals surface area contributed by atoms with Crippen molar-refractivity contribution < 1.29 is 14.6 Å². The molecule has 0 spiro atoms. The lowest BCUT2D eigenvalue weighted by Crippen LogP contribution is -2.39. The number of hydrogen-bond donors (Lipinski definition) is 1. The lowest BCUT2D eigenvalue weighted by molar-refractivity contribution is 0.0230. The quantitative estimate of drug-likeness (QED) is 0.916. The Hall–Kier alpha value is -1.71. The molecule has 1 N–H and O–H groups in total. The monoisotopic (exact) mass is 279 g/mol. The summed E-state index contributed by atoms with van der Waals surface area (Å²) in [6, 6.07) is 7.25. The van der Waals surface area contributed by atoms with Gasteiger partial charge in [0.25, 0.3) is 0 Å². The summed E-state index contributed by atoms with van der Waals surface area (Å²) in [4.78, 5) is 13.6. The van der Waals surface area contributed by atoms with E-state index in [1.807, 2.05) is 39.8 Å². The molecule has 0 heterocycles. The van der Waals surface area contributed by atoms with E-state index in [4.69, 9.17) is 4.74 Å². The maximum Gasteiger partial charge on any atom is 0.410 e. The molecule has 0 bridgehead atoms. The van der Waals surface area contributed by atoms with Crippen LogP contribution >= 0.6 is 0 Å². The number of phenols is 1. The highest BCUT2D eigenvalue weighted by atomic mass is 16.6. The first kappa shape index (κ1) is 16.3. The van der Waals surface area contributed by atoms with Crippen LogP contribution in [0.3, 0.4) is 0 Å². The number of benzene rings is 1. The Bertz CT molecular complexity index is 434. The molecule has 0 aromatic heterocycles. The fraction of sp³-hybridized carbons (Fsp3) is 0.562. The minimum atomic E-state index is -0.470. The number of rotatable bonds is 4. The van der Waals surface area contributed by atoms with Gasteiger partial charge in [0.15, 0.2) is 0 Å². The van der Waals surface area contributed by atoms with Crippen molar-refractivity contribution >= 4 is 6.09 Å². The number of ether oxygens (including phenoxy) is 1. The van der Waals surface area contributed by atoms with Crippen LogP contribution in [0.25, 0.3) is 0 Å². The van der Waals surface area contributed by atoms with Crippen molar-refractivity contribution in [2.24, 2.45) is 0 Å². The normalized spacial score (nSPS) is 12.8. The van der Waals surface area contributed by atoms with Crippen LogP contribution in [-0.2, 0) is 11.2 Å². The zero-order valence-corrected chi connectivity index (χ0v) is 13.0. The Morgan fingerprint density at radius 2 is 1.85 bits per heavy atom. The molecule has 20 heavy (non-hydrogen) atoms. The van der Waals surface area contributed by atoms with Gasteiger partial charge in [0.05, 0.1) is 0 Å². The molecule has 0 radical (unpaired) electrons. The van der Waals surface area contributed by atoms with Gasteiger partial charge in [0.1, 0.15) is 11.4 Å². The summed E-state index contributed by atoms with van der Waals surface area (Å²) < 4.78 is 5.34. The summed E-state index contributed by atoms with van der Waals surface area (Å²) in [6.45, 7) is 7.59. The average Bonchev–Trinajstić information content (AvgIpc) is 2.34. The Morgan fingerprint density at radius 3 is 2.35 bits per heavy atom. The highest BCUT2D eigenvalue weighted by Gasteiger charge is 2.22. The number of phenolic OH excluding ortho intramolecular Hbond substituents is 1. The zero-order valence-electron chi connectivity index (χ0n) is 13.0. The van der Waals surface area contributed by atoms with Gasteiger partial charge in [-0.2, -0.15) is 0 Å². The molecule has 0 saturated carbocycles. The third-order valence-electron chi connectivity index (χ3n) is 3.13. The topological polar surface area (TPSA) is 49.8 Å². The lowest BCUT2D eigenvalue weighted by Gasteiger charge is -2.28. The molecular weight excluding hydrogens is 254 g/mol. The van der Waals surface area contributed by atoms with Crippen LogP contribution in [0.2, 0.25) is 0 Å². The third kappa shape index (κ3) is 5.51. The van der Waals surface area contributed by atoms with E-state index in [1.54, 1.807) is 24.1 Å². The van der Waals surface area contributed by atoms with Gasteiger partial charge in [-0.05, 0) is 58.2 Å². The molecule has 1 aromatic rings. The predicted molar refractivity (Wildman–Crippen MR) is 79.9 cm³/mol. The van der Waals surface area contributed by atoms with E-state index < -0.39 is 5.60 Å². The minimum absolute atomic E-state index is 0.0960. The number of carbonyl (C=O) groups is 1. The maximum absolute atomic E-state index is 11.9. The first-order chi connectivity index (χ1) is 9.19. The van der Waals surface area contributed by atoms with E-state index in [9.17, 15) is 9.90 Å². The maximum atomic E-state index is 11.9. The first-order valence-electron chi connectivity index (χ1n) is 6.93. The summed E-state index contributed by atoms with van der Waals surface area (Å²) in [5, 5.41) is 9.23. The minimum Gasteiger partial charge on any atom is -0.508 e. The molecule has 0 fully saturated rings. The Labute approximate surface area is 121 Å². The molecule has 1 unspecified atom stereocenters. The van der Waals surface area contributed by atoms with Gasteiger partial charge in [0, 0.05) is 13.1 Å². The lowest BCUT2D eigenvalue weighted by atomic mass is 10.1. The molecular formula is C16H25NO3. The number of hydrogen-bond acceptors (Lipinski definition) is 3. The second-order valence-electron chi connectivity index (χ2n) is 6.15. The average molecular weight is 279 g/mol. The number of nitrogens with zero attached hydrogens (tertiary/aromatic N) is 1. The first-order valence-corrected chi connectivity index (χ1v) is 6.93. The van der Waals surface area contributed by atoms with E-state index in [0.29, 0.717) is 0 Å². The molecule has 4 heteroatoms. The largest absolute Gasteiger partial charge is 0.508 e. The van der Waals surface area contributed by atoms with Crippen LogP contribution in [0.5, 0.6) is 5.75 Å². The molecule has 112 valence electrons. The molecule has 0 saturated heterocycles. The Balaban J connectivity index is 2.47. The smallest absolute Gasteiger partial charge is 0.410 e. The summed E-state index contributed by atoms with van der Waals surface area (Å²) in [5.74, 6) is 0.271. The van der Waals surface area contributed by atoms with Gasteiger partial charge in [-0.25, -0.2) is 4.79 Å². The van der Waals surface area contributed by atoms with Gasteiger partial charge in [-0.1, -0.05) is 12.1 Å². The Kier molecular flexibility index (Phi) is 5.43. The molecule has 1 amide bonds. The number of aromatic hydroxyl groups is 1. The van der Waals surface area contributed by atoms with Crippen LogP contribution in [0.1, 0.15) is 39.7 Å². The summed E-state index contributed by atoms with van der Waals surface area (Å²) in [6.07, 6.45) is 1.41. The summed E-state index contributed by atoms with van der Waals surface area (Å²) in [5.41, 5.74) is 0.675. The Morgan fingerprint density at radius 1 is 1.30 bits per heavy atom. The van der Waals surface area contributed by atoms with Crippen molar-refractivity contribution in [1.82, 2.24) is 4.90 Å². The summed E-state index contributed by atoms with van der Waals surface area (Å²) in [7, 11) is 1.76. The fourth-order valence-corrected chi connectivity index (χ4v) is 1.75. The molecule has 1 rings (SSSR count). The SMILES string of the molecule is CC(CCc1ccc(O)cc1)N(C)C(=O)OC(C)(C)C. The molecule has 1 atom stereocenters. The fourth-order valence-electron chi connectivity index (χ4n) is 1.75. The van der Waals surface area contributed by atoms with Crippen molar-refractivity contribution in [3.05, 3.63) is 29.8 Å². The van der Waals surface area contributed by atoms with Crippen molar-refractivity contribution in [3.8, 4) is 5.75 Å². The van der Waals surface area contributed by atoms with Gasteiger partial charge < -0.3 is 14.7 Å². The molecule has 0 aliphatic rings. The van der Waals surface area contributed by atoms with Crippen LogP contribution in [0, 0.1) is 0 Å². The molecule has 4 nitrogen and oxygen atoms in total.